The minimum Gasteiger partial charge on any atom is -0.388 e. The average molecular weight is 306 g/mol. The molecule has 0 aliphatic carbocycles. The standard InChI is InChI=1S/C13H18BrClO/c1-3-4-9(2)7-13(16)11-8-10(14)5-6-12(11)15/h5-6,8-9,13,16H,3-4,7H2,1-2H3. The zero-order valence-corrected chi connectivity index (χ0v) is 12.1. The van der Waals surface area contributed by atoms with Gasteiger partial charge in [0, 0.05) is 15.1 Å². The van der Waals surface area contributed by atoms with Crippen LogP contribution in [0.1, 0.15) is 44.8 Å². The lowest BCUT2D eigenvalue weighted by Crippen LogP contribution is -2.05. The van der Waals surface area contributed by atoms with Crippen molar-refractivity contribution in [1.82, 2.24) is 0 Å². The molecule has 0 aliphatic rings. The van der Waals surface area contributed by atoms with Crippen LogP contribution in [0.3, 0.4) is 0 Å². The van der Waals surface area contributed by atoms with Crippen molar-refractivity contribution in [2.45, 2.75) is 39.2 Å². The molecule has 16 heavy (non-hydrogen) atoms. The third-order valence-electron chi connectivity index (χ3n) is 2.72. The molecule has 0 heterocycles. The molecule has 0 saturated heterocycles. The summed E-state index contributed by atoms with van der Waals surface area (Å²) < 4.78 is 0.953. The second-order valence-electron chi connectivity index (χ2n) is 4.31. The summed E-state index contributed by atoms with van der Waals surface area (Å²) in [5.74, 6) is 0.523. The van der Waals surface area contributed by atoms with Gasteiger partial charge in [0.2, 0.25) is 0 Å². The first-order valence-electron chi connectivity index (χ1n) is 5.67. The lowest BCUT2D eigenvalue weighted by Gasteiger charge is -2.17. The maximum absolute atomic E-state index is 10.1. The fraction of sp³-hybridized carbons (Fsp3) is 0.538. The van der Waals surface area contributed by atoms with E-state index < -0.39 is 6.10 Å². The molecule has 90 valence electrons. The van der Waals surface area contributed by atoms with Crippen molar-refractivity contribution < 1.29 is 5.11 Å². The van der Waals surface area contributed by atoms with E-state index in [0.29, 0.717) is 10.9 Å². The molecular formula is C13H18BrClO. The van der Waals surface area contributed by atoms with Gasteiger partial charge in [0.1, 0.15) is 0 Å². The molecule has 1 N–H and O–H groups in total. The van der Waals surface area contributed by atoms with Gasteiger partial charge in [-0.1, -0.05) is 54.2 Å². The summed E-state index contributed by atoms with van der Waals surface area (Å²) in [6.45, 7) is 4.33. The van der Waals surface area contributed by atoms with Gasteiger partial charge < -0.3 is 5.11 Å². The number of hydrogen-bond donors (Lipinski definition) is 1. The van der Waals surface area contributed by atoms with Gasteiger partial charge in [0.05, 0.1) is 6.10 Å². The van der Waals surface area contributed by atoms with Gasteiger partial charge in [0.25, 0.3) is 0 Å². The van der Waals surface area contributed by atoms with Crippen LogP contribution < -0.4 is 0 Å². The van der Waals surface area contributed by atoms with Crippen LogP contribution in [0.25, 0.3) is 0 Å². The van der Waals surface area contributed by atoms with Crippen LogP contribution in [0.15, 0.2) is 22.7 Å². The molecule has 1 rings (SSSR count). The predicted molar refractivity (Wildman–Crippen MR) is 72.8 cm³/mol. The van der Waals surface area contributed by atoms with Crippen molar-refractivity contribution in [3.05, 3.63) is 33.3 Å². The molecule has 0 amide bonds. The molecule has 1 aromatic rings. The fourth-order valence-electron chi connectivity index (χ4n) is 1.89. The molecule has 0 fully saturated rings. The second kappa shape index (κ2) is 6.63. The second-order valence-corrected chi connectivity index (χ2v) is 5.63. The van der Waals surface area contributed by atoms with Crippen molar-refractivity contribution in [2.24, 2.45) is 5.92 Å². The number of rotatable bonds is 5. The minimum atomic E-state index is -0.466. The first-order chi connectivity index (χ1) is 7.54. The molecule has 0 bridgehead atoms. The van der Waals surface area contributed by atoms with E-state index >= 15 is 0 Å². The Labute approximate surface area is 111 Å². The van der Waals surface area contributed by atoms with E-state index in [4.69, 9.17) is 11.6 Å². The molecule has 0 radical (unpaired) electrons. The Bertz CT molecular complexity index is 341. The van der Waals surface area contributed by atoms with E-state index in [9.17, 15) is 5.11 Å². The number of hydrogen-bond acceptors (Lipinski definition) is 1. The van der Waals surface area contributed by atoms with Crippen LogP contribution in [0, 0.1) is 5.92 Å². The highest BCUT2D eigenvalue weighted by Gasteiger charge is 2.15. The van der Waals surface area contributed by atoms with Gasteiger partial charge in [-0.05, 0) is 30.5 Å². The normalized spacial score (nSPS) is 14.8. The van der Waals surface area contributed by atoms with Crippen molar-refractivity contribution in [3.8, 4) is 0 Å². The molecule has 1 nitrogen and oxygen atoms in total. The van der Waals surface area contributed by atoms with Crippen molar-refractivity contribution >= 4 is 27.5 Å². The highest BCUT2D eigenvalue weighted by molar-refractivity contribution is 9.10. The third-order valence-corrected chi connectivity index (χ3v) is 3.56. The van der Waals surface area contributed by atoms with Crippen molar-refractivity contribution in [2.75, 3.05) is 0 Å². The maximum atomic E-state index is 10.1. The number of aliphatic hydroxyl groups excluding tert-OH is 1. The molecule has 2 unspecified atom stereocenters. The monoisotopic (exact) mass is 304 g/mol. The van der Waals surface area contributed by atoms with E-state index in [1.807, 2.05) is 18.2 Å². The summed E-state index contributed by atoms with van der Waals surface area (Å²) in [6.07, 6.45) is 2.60. The molecule has 2 atom stereocenters. The van der Waals surface area contributed by atoms with Crippen LogP contribution in [-0.4, -0.2) is 5.11 Å². The highest BCUT2D eigenvalue weighted by atomic mass is 79.9. The number of aliphatic hydroxyl groups is 1. The quantitative estimate of drug-likeness (QED) is 0.815. The van der Waals surface area contributed by atoms with E-state index in [-0.39, 0.29) is 0 Å². The molecule has 0 aromatic heterocycles. The largest absolute Gasteiger partial charge is 0.388 e. The minimum absolute atomic E-state index is 0.466. The van der Waals surface area contributed by atoms with Crippen LogP contribution >= 0.6 is 27.5 Å². The molecular weight excluding hydrogens is 287 g/mol. The Kier molecular flexibility index (Phi) is 5.81. The van der Waals surface area contributed by atoms with Gasteiger partial charge in [-0.25, -0.2) is 0 Å². The molecule has 0 saturated carbocycles. The molecule has 0 aliphatic heterocycles. The van der Waals surface area contributed by atoms with Crippen LogP contribution in [0.5, 0.6) is 0 Å². The van der Waals surface area contributed by atoms with E-state index in [1.165, 1.54) is 0 Å². The summed E-state index contributed by atoms with van der Waals surface area (Å²) >= 11 is 9.46. The lowest BCUT2D eigenvalue weighted by atomic mass is 9.95. The first-order valence-corrected chi connectivity index (χ1v) is 6.84. The van der Waals surface area contributed by atoms with E-state index in [0.717, 1.165) is 29.3 Å². The van der Waals surface area contributed by atoms with E-state index in [2.05, 4.69) is 29.8 Å². The Morgan fingerprint density at radius 1 is 1.44 bits per heavy atom. The van der Waals surface area contributed by atoms with Gasteiger partial charge in [0.15, 0.2) is 0 Å². The van der Waals surface area contributed by atoms with Crippen LogP contribution in [-0.2, 0) is 0 Å². The predicted octanol–water partition coefficient (Wildman–Crippen LogP) is 4.96. The Balaban J connectivity index is 2.72. The Morgan fingerprint density at radius 2 is 2.12 bits per heavy atom. The average Bonchev–Trinajstić information content (AvgIpc) is 2.21. The fourth-order valence-corrected chi connectivity index (χ4v) is 2.51. The van der Waals surface area contributed by atoms with Gasteiger partial charge >= 0.3 is 0 Å². The topological polar surface area (TPSA) is 20.2 Å². The zero-order valence-electron chi connectivity index (χ0n) is 9.71. The van der Waals surface area contributed by atoms with Crippen LogP contribution in [0.2, 0.25) is 5.02 Å². The third kappa shape index (κ3) is 4.08. The molecule has 1 aromatic carbocycles. The zero-order chi connectivity index (χ0) is 12.1. The highest BCUT2D eigenvalue weighted by Crippen LogP contribution is 2.31. The smallest absolute Gasteiger partial charge is 0.0807 e. The van der Waals surface area contributed by atoms with Crippen LogP contribution in [0.4, 0.5) is 0 Å². The SMILES string of the molecule is CCCC(C)CC(O)c1cc(Br)ccc1Cl. The summed E-state index contributed by atoms with van der Waals surface area (Å²) in [5, 5.41) is 10.8. The Hall–Kier alpha value is -0.0500. The maximum Gasteiger partial charge on any atom is 0.0807 e. The van der Waals surface area contributed by atoms with Gasteiger partial charge in [-0.2, -0.15) is 0 Å². The van der Waals surface area contributed by atoms with Gasteiger partial charge in [-0.15, -0.1) is 0 Å². The summed E-state index contributed by atoms with van der Waals surface area (Å²) in [7, 11) is 0. The molecule has 0 spiro atoms. The lowest BCUT2D eigenvalue weighted by molar-refractivity contribution is 0.145. The molecule has 3 heteroatoms. The summed E-state index contributed by atoms with van der Waals surface area (Å²) in [6, 6.07) is 5.59. The first kappa shape index (κ1) is 14.0. The number of halogens is 2. The summed E-state index contributed by atoms with van der Waals surface area (Å²) in [4.78, 5) is 0. The van der Waals surface area contributed by atoms with E-state index in [1.54, 1.807) is 0 Å². The van der Waals surface area contributed by atoms with Gasteiger partial charge in [-0.3, -0.25) is 0 Å². The number of benzene rings is 1. The Morgan fingerprint density at radius 3 is 2.75 bits per heavy atom. The summed E-state index contributed by atoms with van der Waals surface area (Å²) in [5.41, 5.74) is 0.819. The van der Waals surface area contributed by atoms with Crippen molar-refractivity contribution in [3.63, 3.8) is 0 Å². The van der Waals surface area contributed by atoms with Crippen molar-refractivity contribution in [1.29, 1.82) is 0 Å².